The molecule has 4 aromatic rings. The Balaban J connectivity index is 1.84. The van der Waals surface area contributed by atoms with Crippen molar-refractivity contribution in [2.45, 2.75) is 51.4 Å². The number of ether oxygens (including phenoxy) is 4. The van der Waals surface area contributed by atoms with E-state index in [1.165, 1.54) is 14.0 Å². The first-order valence-electron chi connectivity index (χ1n) is 13.0. The van der Waals surface area contributed by atoms with Crippen molar-refractivity contribution in [2.75, 3.05) is 7.11 Å². The van der Waals surface area contributed by atoms with Gasteiger partial charge in [0.15, 0.2) is 12.2 Å². The summed E-state index contributed by atoms with van der Waals surface area (Å²) in [4.78, 5) is 50.3. The maximum atomic E-state index is 14.1. The molecular weight excluding hydrogens is 589 g/mol. The summed E-state index contributed by atoms with van der Waals surface area (Å²) in [6, 6.07) is 8.46. The molecule has 0 fully saturated rings. The minimum Gasteiger partial charge on any atom is -0.496 e. The zero-order valence-corrected chi connectivity index (χ0v) is 24.9. The number of aryl methyl sites for hydroxylation is 1. The summed E-state index contributed by atoms with van der Waals surface area (Å²) < 4.78 is 25.2. The van der Waals surface area contributed by atoms with Crippen LogP contribution < -0.4 is 14.9 Å². The fourth-order valence-electron chi connectivity index (χ4n) is 5.49. The van der Waals surface area contributed by atoms with E-state index >= 15 is 0 Å². The molecule has 0 saturated heterocycles. The van der Waals surface area contributed by atoms with E-state index in [0.717, 1.165) is 5.39 Å². The van der Waals surface area contributed by atoms with Crippen LogP contribution in [0.15, 0.2) is 35.1 Å². The number of rotatable bonds is 6. The Morgan fingerprint density at radius 2 is 1.67 bits per heavy atom. The monoisotopic (exact) mass is 615 g/mol. The van der Waals surface area contributed by atoms with E-state index in [4.69, 9.17) is 47.3 Å². The SMILES string of the molecule is COc1cc2c(c3c1c(=O)c1cc4cc(Cl)c(Cl)cc4cc1n3C)C(OC(C)=O)C(OC(=O)CCC(=O)O)C(C)(C)O2. The second kappa shape index (κ2) is 10.7. The molecule has 1 aromatic heterocycles. The molecule has 0 spiro atoms. The normalized spacial score (nSPS) is 17.5. The van der Waals surface area contributed by atoms with Gasteiger partial charge in [-0.2, -0.15) is 0 Å². The average Bonchev–Trinajstić information content (AvgIpc) is 2.90. The number of nitrogens with zero attached hydrogens (tertiary/aromatic N) is 1. The van der Waals surface area contributed by atoms with Crippen molar-refractivity contribution in [1.29, 1.82) is 0 Å². The van der Waals surface area contributed by atoms with Gasteiger partial charge in [-0.05, 0) is 48.9 Å². The second-order valence-electron chi connectivity index (χ2n) is 10.6. The van der Waals surface area contributed by atoms with Gasteiger partial charge in [-0.1, -0.05) is 23.2 Å². The number of hydrogen-bond acceptors (Lipinski definition) is 8. The van der Waals surface area contributed by atoms with E-state index in [2.05, 4.69) is 0 Å². The Bertz CT molecular complexity index is 1880. The van der Waals surface area contributed by atoms with Gasteiger partial charge in [-0.15, -0.1) is 0 Å². The van der Waals surface area contributed by atoms with E-state index in [-0.39, 0.29) is 22.3 Å². The zero-order valence-electron chi connectivity index (χ0n) is 23.4. The minimum absolute atomic E-state index is 0.196. The second-order valence-corrected chi connectivity index (χ2v) is 11.4. The van der Waals surface area contributed by atoms with E-state index in [9.17, 15) is 19.2 Å². The Morgan fingerprint density at radius 1 is 1.02 bits per heavy atom. The number of carbonyl (C=O) groups is 3. The number of hydrogen-bond donors (Lipinski definition) is 1. The number of fused-ring (bicyclic) bond motifs is 5. The van der Waals surface area contributed by atoms with Crippen LogP contribution in [0.2, 0.25) is 10.0 Å². The van der Waals surface area contributed by atoms with E-state index in [1.54, 1.807) is 55.8 Å². The van der Waals surface area contributed by atoms with Gasteiger partial charge in [0, 0.05) is 25.4 Å². The standard InChI is InChI=1S/C30H27Cl2NO9/c1-13(34)40-28-25-21(42-30(2,3)29(28)41-23(37)7-6-22(35)36)12-20(39-5)24-26(25)33(4)19-11-15-10-18(32)17(31)9-14(15)8-16(19)27(24)38/h8-12,28-29H,6-7H2,1-5H3,(H,35,36). The first-order chi connectivity index (χ1) is 19.7. The summed E-state index contributed by atoms with van der Waals surface area (Å²) in [6.45, 7) is 4.52. The lowest BCUT2D eigenvalue weighted by molar-refractivity contribution is -0.189. The van der Waals surface area contributed by atoms with Gasteiger partial charge in [-0.25, -0.2) is 0 Å². The van der Waals surface area contributed by atoms with Gasteiger partial charge in [-0.3, -0.25) is 19.2 Å². The molecule has 0 amide bonds. The molecular formula is C30H27Cl2NO9. The van der Waals surface area contributed by atoms with Gasteiger partial charge in [0.05, 0.1) is 52.0 Å². The molecule has 0 saturated carbocycles. The molecule has 42 heavy (non-hydrogen) atoms. The number of carbonyl (C=O) groups excluding carboxylic acids is 2. The van der Waals surface area contributed by atoms with Gasteiger partial charge >= 0.3 is 17.9 Å². The molecule has 2 unspecified atom stereocenters. The van der Waals surface area contributed by atoms with Crippen LogP contribution in [0.25, 0.3) is 32.6 Å². The molecule has 1 aliphatic heterocycles. The number of halogens is 2. The van der Waals surface area contributed by atoms with Gasteiger partial charge in [0.1, 0.15) is 17.1 Å². The molecule has 1 N–H and O–H groups in total. The number of pyridine rings is 1. The maximum absolute atomic E-state index is 14.1. The predicted octanol–water partition coefficient (Wildman–Crippen LogP) is 5.71. The van der Waals surface area contributed by atoms with Crippen LogP contribution >= 0.6 is 23.2 Å². The highest BCUT2D eigenvalue weighted by atomic mass is 35.5. The van der Waals surface area contributed by atoms with Crippen molar-refractivity contribution >= 4 is 73.7 Å². The minimum atomic E-state index is -1.23. The molecule has 10 nitrogen and oxygen atoms in total. The Labute approximate surface area is 249 Å². The van der Waals surface area contributed by atoms with Crippen molar-refractivity contribution in [2.24, 2.45) is 7.05 Å². The largest absolute Gasteiger partial charge is 0.496 e. The van der Waals surface area contributed by atoms with E-state index in [1.807, 2.05) is 0 Å². The summed E-state index contributed by atoms with van der Waals surface area (Å²) in [7, 11) is 3.17. The molecule has 12 heteroatoms. The summed E-state index contributed by atoms with van der Waals surface area (Å²) in [5.74, 6) is -2.14. The molecule has 0 bridgehead atoms. The summed E-state index contributed by atoms with van der Waals surface area (Å²) in [5.41, 5.74) is -0.406. The third kappa shape index (κ3) is 4.98. The molecule has 5 rings (SSSR count). The molecule has 2 atom stereocenters. The molecule has 1 aliphatic rings. The first-order valence-corrected chi connectivity index (χ1v) is 13.7. The highest BCUT2D eigenvalue weighted by Crippen LogP contribution is 2.49. The highest BCUT2D eigenvalue weighted by molar-refractivity contribution is 6.42. The Kier molecular flexibility index (Phi) is 7.49. The highest BCUT2D eigenvalue weighted by Gasteiger charge is 2.50. The fourth-order valence-corrected chi connectivity index (χ4v) is 5.84. The van der Waals surface area contributed by atoms with Crippen LogP contribution in [0.4, 0.5) is 0 Å². The maximum Gasteiger partial charge on any atom is 0.306 e. The van der Waals surface area contributed by atoms with Crippen molar-refractivity contribution in [3.05, 3.63) is 56.2 Å². The number of carboxylic acids is 1. The van der Waals surface area contributed by atoms with Crippen LogP contribution in [-0.4, -0.2) is 46.4 Å². The third-order valence-electron chi connectivity index (χ3n) is 7.36. The van der Waals surface area contributed by atoms with Crippen LogP contribution in [-0.2, 0) is 30.9 Å². The number of esters is 2. The number of aromatic nitrogens is 1. The number of carboxylic acid groups (broad SMARTS) is 1. The van der Waals surface area contributed by atoms with Crippen molar-refractivity contribution in [1.82, 2.24) is 4.57 Å². The number of methoxy groups -OCH3 is 1. The Hall–Kier alpha value is -4.02. The van der Waals surface area contributed by atoms with E-state index < -0.39 is 48.6 Å². The number of benzene rings is 3. The van der Waals surface area contributed by atoms with Gasteiger partial charge in [0.2, 0.25) is 5.43 Å². The fraction of sp³-hybridized carbons (Fsp3) is 0.333. The summed E-state index contributed by atoms with van der Waals surface area (Å²) in [6.07, 6.45) is -3.23. The van der Waals surface area contributed by atoms with Crippen molar-refractivity contribution in [3.63, 3.8) is 0 Å². The van der Waals surface area contributed by atoms with E-state index in [0.29, 0.717) is 37.4 Å². The van der Waals surface area contributed by atoms with Crippen molar-refractivity contribution < 1.29 is 38.4 Å². The lowest BCUT2D eigenvalue weighted by Crippen LogP contribution is -2.52. The zero-order chi connectivity index (χ0) is 30.7. The number of aliphatic carboxylic acids is 1. The summed E-state index contributed by atoms with van der Waals surface area (Å²) in [5, 5.41) is 11.7. The van der Waals surface area contributed by atoms with Crippen LogP contribution in [0.5, 0.6) is 11.5 Å². The smallest absolute Gasteiger partial charge is 0.306 e. The Morgan fingerprint density at radius 3 is 2.26 bits per heavy atom. The molecule has 0 aliphatic carbocycles. The lowest BCUT2D eigenvalue weighted by Gasteiger charge is -2.43. The summed E-state index contributed by atoms with van der Waals surface area (Å²) >= 11 is 12.5. The van der Waals surface area contributed by atoms with Gasteiger partial charge in [0.25, 0.3) is 0 Å². The van der Waals surface area contributed by atoms with Crippen molar-refractivity contribution in [3.8, 4) is 11.5 Å². The molecule has 220 valence electrons. The quantitative estimate of drug-likeness (QED) is 0.214. The van der Waals surface area contributed by atoms with Crippen LogP contribution in [0.1, 0.15) is 45.3 Å². The molecule has 2 heterocycles. The lowest BCUT2D eigenvalue weighted by atomic mass is 9.86. The molecule has 0 radical (unpaired) electrons. The van der Waals surface area contributed by atoms with Crippen LogP contribution in [0.3, 0.4) is 0 Å². The average molecular weight is 616 g/mol. The first kappa shape index (κ1) is 29.5. The van der Waals surface area contributed by atoms with Gasteiger partial charge < -0.3 is 28.6 Å². The predicted molar refractivity (Wildman–Crippen MR) is 157 cm³/mol. The topological polar surface area (TPSA) is 130 Å². The van der Waals surface area contributed by atoms with Crippen LogP contribution in [0, 0.1) is 0 Å². The third-order valence-corrected chi connectivity index (χ3v) is 8.08. The molecule has 3 aromatic carbocycles.